The minimum absolute atomic E-state index is 0.0401. The Bertz CT molecular complexity index is 2430. The van der Waals surface area contributed by atoms with E-state index in [1.54, 1.807) is 20.1 Å². The molecule has 444 valence electrons. The van der Waals surface area contributed by atoms with Gasteiger partial charge in [0, 0.05) is 43.5 Å². The molecule has 80 heavy (non-hydrogen) atoms. The topological polar surface area (TPSA) is 522 Å². The SMILES string of the molecule is CSCC[C@H](NC(=O)[C@H](Cc1ccc(O)cc1)NC(=O)CNC(=O)[C@@H](NC(=O)[C@H](CCCN=C(N)N)NC(=O)[C@H](CO)NC(=O)[C@H](CCC(N)=O)NC(=O)[C@H](CS)NC(=O)[C@@H](N)CO)C(C)C)C(=O)N[C@@H](Cc1cnc[nH]1)C(=O)O. The number of aromatic nitrogens is 2. The Labute approximate surface area is 469 Å². The molecule has 0 bridgehead atoms. The summed E-state index contributed by atoms with van der Waals surface area (Å²) < 4.78 is 0. The van der Waals surface area contributed by atoms with Crippen molar-refractivity contribution in [2.75, 3.05) is 44.1 Å². The lowest BCUT2D eigenvalue weighted by molar-refractivity contribution is -0.142. The summed E-state index contributed by atoms with van der Waals surface area (Å²) in [6.45, 7) is 0.469. The lowest BCUT2D eigenvalue weighted by atomic mass is 10.0. The molecule has 2 aromatic rings. The Balaban J connectivity index is 2.31. The number of nitrogens with one attached hydrogen (secondary N) is 10. The van der Waals surface area contributed by atoms with Gasteiger partial charge in [-0.15, -0.1) is 0 Å². The van der Waals surface area contributed by atoms with E-state index in [-0.39, 0.29) is 56.1 Å². The first kappa shape index (κ1) is 68.4. The predicted octanol–water partition coefficient (Wildman–Crippen LogP) is -7.05. The number of aliphatic hydroxyl groups excluding tert-OH is 2. The standard InChI is InChI=1S/C47H74N16O15S2/c1-23(2)37(45(76)54-18-36(68)56-31(15-24-6-8-26(66)9-7-24)42(73)59-30(12-14-80-3)40(71)60-32(46(77)78)16-25-17-52-22-55-25)63-41(72)28(5-4-13-53-47(50)51)57-43(74)33(20-65)61-39(70)29(10-11-35(49)67)58-44(75)34(21-79)62-38(69)27(48)19-64/h6-9,17,22-23,27-34,37,64-66,79H,4-5,10-16,18-21,48H2,1-3H3,(H2,49,67)(H,52,55)(H,54,76)(H,56,68)(H,57,74)(H,58,75)(H,59,73)(H,60,71)(H,61,70)(H,62,69)(H,63,72)(H,77,78)(H4,50,51,53)/t27-,28-,29-,30-,31-,32-,33-,34-,37-/m0/s1. The molecule has 0 radical (unpaired) electrons. The monoisotopic (exact) mass is 1170 g/mol. The number of thiol groups is 1. The zero-order valence-electron chi connectivity index (χ0n) is 44.3. The van der Waals surface area contributed by atoms with Crippen molar-refractivity contribution in [2.24, 2.45) is 33.8 Å². The highest BCUT2D eigenvalue weighted by Gasteiger charge is 2.35. The fraction of sp³-hybridized carbons (Fsp3) is 0.553. The molecule has 31 nitrogen and oxygen atoms in total. The fourth-order valence-corrected chi connectivity index (χ4v) is 7.88. The number of aliphatic carboxylic acids is 1. The highest BCUT2D eigenvalue weighted by molar-refractivity contribution is 7.98. The van der Waals surface area contributed by atoms with Gasteiger partial charge in [0.1, 0.15) is 60.1 Å². The van der Waals surface area contributed by atoms with E-state index in [1.165, 1.54) is 48.6 Å². The molecule has 33 heteroatoms. The van der Waals surface area contributed by atoms with E-state index in [0.717, 1.165) is 0 Å². The van der Waals surface area contributed by atoms with Crippen molar-refractivity contribution in [2.45, 2.75) is 113 Å². The number of carboxylic acids is 1. The van der Waals surface area contributed by atoms with Crippen molar-refractivity contribution in [1.29, 1.82) is 0 Å². The largest absolute Gasteiger partial charge is 0.508 e. The number of hydrogen-bond acceptors (Lipinski definition) is 19. The Morgan fingerprint density at radius 1 is 0.675 bits per heavy atom. The number of carboxylic acid groups (broad SMARTS) is 1. The lowest BCUT2D eigenvalue weighted by Crippen LogP contribution is -2.61. The van der Waals surface area contributed by atoms with Gasteiger partial charge in [-0.05, 0) is 61.3 Å². The number of H-pyrrole nitrogens is 1. The van der Waals surface area contributed by atoms with Crippen LogP contribution in [0.2, 0.25) is 0 Å². The Hall–Kier alpha value is -7.75. The van der Waals surface area contributed by atoms with Gasteiger partial charge in [-0.3, -0.25) is 52.9 Å². The number of imidazole rings is 1. The number of carbonyl (C=O) groups excluding carboxylic acids is 10. The lowest BCUT2D eigenvalue weighted by Gasteiger charge is -2.27. The maximum atomic E-state index is 14.0. The number of aliphatic imine (C=N–C) groups is 1. The molecule has 1 aromatic heterocycles. The van der Waals surface area contributed by atoms with Crippen LogP contribution in [0.3, 0.4) is 0 Å². The predicted molar refractivity (Wildman–Crippen MR) is 292 cm³/mol. The average molecular weight is 1170 g/mol. The summed E-state index contributed by atoms with van der Waals surface area (Å²) in [5.41, 5.74) is 22.6. The summed E-state index contributed by atoms with van der Waals surface area (Å²) in [6, 6.07) is -7.54. The molecular weight excluding hydrogens is 1090 g/mol. The number of amides is 10. The number of nitrogens with two attached hydrogens (primary N) is 4. The molecule has 0 fully saturated rings. The van der Waals surface area contributed by atoms with Gasteiger partial charge in [0.2, 0.25) is 59.1 Å². The van der Waals surface area contributed by atoms with Crippen molar-refractivity contribution < 1.29 is 73.2 Å². The van der Waals surface area contributed by atoms with E-state index in [1.807, 2.05) is 0 Å². The van der Waals surface area contributed by atoms with Crippen LogP contribution < -0.4 is 70.8 Å². The van der Waals surface area contributed by atoms with E-state index >= 15 is 0 Å². The van der Waals surface area contributed by atoms with E-state index in [4.69, 9.17) is 22.9 Å². The van der Waals surface area contributed by atoms with Crippen molar-refractivity contribution in [3.63, 3.8) is 0 Å². The van der Waals surface area contributed by atoms with Crippen molar-refractivity contribution >= 4 is 95.4 Å². The first-order chi connectivity index (χ1) is 37.8. The smallest absolute Gasteiger partial charge is 0.326 e. The number of aromatic hydroxyl groups is 1. The zero-order valence-corrected chi connectivity index (χ0v) is 46.0. The summed E-state index contributed by atoms with van der Waals surface area (Å²) >= 11 is 5.38. The van der Waals surface area contributed by atoms with Crippen LogP contribution >= 0.6 is 24.4 Å². The van der Waals surface area contributed by atoms with Crippen LogP contribution in [0.25, 0.3) is 0 Å². The van der Waals surface area contributed by atoms with E-state index in [9.17, 15) is 73.2 Å². The highest BCUT2D eigenvalue weighted by Crippen LogP contribution is 2.13. The first-order valence-corrected chi connectivity index (χ1v) is 26.9. The van der Waals surface area contributed by atoms with E-state index < -0.39 is 158 Å². The second-order valence-electron chi connectivity index (χ2n) is 18.3. The third-order valence-electron chi connectivity index (χ3n) is 11.6. The van der Waals surface area contributed by atoms with Gasteiger partial charge in [0.15, 0.2) is 5.96 Å². The van der Waals surface area contributed by atoms with Gasteiger partial charge in [0.05, 0.1) is 26.1 Å². The number of primary amides is 1. The number of phenols is 1. The zero-order chi connectivity index (χ0) is 60.1. The Kier molecular flexibility index (Phi) is 30.5. The van der Waals surface area contributed by atoms with Crippen LogP contribution in [-0.2, 0) is 65.6 Å². The minimum atomic E-state index is -1.81. The number of nitrogens with zero attached hydrogens (tertiary/aromatic N) is 2. The van der Waals surface area contributed by atoms with Crippen molar-refractivity contribution in [3.05, 3.63) is 48.0 Å². The summed E-state index contributed by atoms with van der Waals surface area (Å²) in [5, 5.41) is 60.9. The normalized spacial score (nSPS) is 14.3. The maximum Gasteiger partial charge on any atom is 0.326 e. The molecule has 0 spiro atoms. The molecule has 0 saturated carbocycles. The number of thioether (sulfide) groups is 1. The number of guanidine groups is 1. The van der Waals surface area contributed by atoms with Crippen molar-refractivity contribution in [3.8, 4) is 5.75 Å². The van der Waals surface area contributed by atoms with Gasteiger partial charge < -0.3 is 96.2 Å². The maximum absolute atomic E-state index is 14.0. The van der Waals surface area contributed by atoms with Gasteiger partial charge in [-0.1, -0.05) is 26.0 Å². The molecule has 10 amide bonds. The van der Waals surface area contributed by atoms with Crippen molar-refractivity contribution in [1.82, 2.24) is 57.8 Å². The quantitative estimate of drug-likeness (QED) is 0.0129. The van der Waals surface area contributed by atoms with Crippen LogP contribution in [-0.4, -0.2) is 200 Å². The van der Waals surface area contributed by atoms with E-state index in [0.29, 0.717) is 17.0 Å². The summed E-state index contributed by atoms with van der Waals surface area (Å²) in [7, 11) is 0. The number of rotatable bonds is 37. The van der Waals surface area contributed by atoms with Gasteiger partial charge >= 0.3 is 5.97 Å². The molecule has 2 rings (SSSR count). The molecule has 0 aliphatic heterocycles. The van der Waals surface area contributed by atoms with Crippen LogP contribution in [0.4, 0.5) is 0 Å². The molecule has 0 unspecified atom stereocenters. The Morgan fingerprint density at radius 2 is 1.21 bits per heavy atom. The second kappa shape index (κ2) is 35.7. The third kappa shape index (κ3) is 24.9. The molecule has 9 atom stereocenters. The number of aromatic amines is 1. The van der Waals surface area contributed by atoms with Crippen LogP contribution in [0.15, 0.2) is 41.8 Å². The summed E-state index contributed by atoms with van der Waals surface area (Å²) in [4.78, 5) is 156. The number of carbonyl (C=O) groups is 11. The highest BCUT2D eigenvalue weighted by atomic mass is 32.2. The summed E-state index contributed by atoms with van der Waals surface area (Å²) in [6.07, 6.45) is 3.19. The van der Waals surface area contributed by atoms with E-state index in [2.05, 4.69) is 75.4 Å². The number of hydrogen-bond donors (Lipinski definition) is 19. The molecular formula is C47H74N16O15S2. The van der Waals surface area contributed by atoms with Crippen LogP contribution in [0, 0.1) is 5.92 Å². The Morgan fingerprint density at radius 3 is 1.74 bits per heavy atom. The first-order valence-electron chi connectivity index (χ1n) is 24.9. The van der Waals surface area contributed by atoms with Crippen LogP contribution in [0.5, 0.6) is 5.75 Å². The molecule has 0 aliphatic carbocycles. The number of benzene rings is 1. The van der Waals surface area contributed by atoms with Gasteiger partial charge in [0.25, 0.3) is 0 Å². The fourth-order valence-electron chi connectivity index (χ4n) is 7.15. The second-order valence-corrected chi connectivity index (χ2v) is 19.7. The molecule has 0 saturated heterocycles. The number of phenolic OH excluding ortho intramolecular Hbond substituents is 1. The molecule has 1 heterocycles. The van der Waals surface area contributed by atoms with Crippen LogP contribution in [0.1, 0.15) is 57.2 Å². The average Bonchev–Trinajstić information content (AvgIpc) is 3.93. The van der Waals surface area contributed by atoms with Gasteiger partial charge in [-0.2, -0.15) is 24.4 Å². The van der Waals surface area contributed by atoms with Gasteiger partial charge in [-0.25, -0.2) is 9.78 Å². The molecule has 0 aliphatic rings. The third-order valence-corrected chi connectivity index (χ3v) is 12.6. The molecule has 1 aromatic carbocycles. The summed E-state index contributed by atoms with van der Waals surface area (Å²) in [5.74, 6) is -11.9. The number of aliphatic hydroxyl groups is 2. The minimum Gasteiger partial charge on any atom is -0.508 e. The molecule has 22 N–H and O–H groups in total.